The van der Waals surface area contributed by atoms with Gasteiger partial charge in [0.25, 0.3) is 0 Å². The number of rotatable bonds is 5. The number of carbonyl (C=O) groups is 2. The molecular formula is C31H28F2N4O2S. The molecule has 3 aromatic carbocycles. The van der Waals surface area contributed by atoms with Crippen LogP contribution in [0.3, 0.4) is 0 Å². The number of carbonyl (C=O) groups excluding carboxylic acids is 2. The lowest BCUT2D eigenvalue weighted by molar-refractivity contribution is -0.130. The smallest absolute Gasteiger partial charge is 0.242 e. The number of likely N-dealkylation sites (tertiary alicyclic amines) is 1. The second kappa shape index (κ2) is 10.9. The van der Waals surface area contributed by atoms with Crippen LogP contribution in [0.4, 0.5) is 14.6 Å². The van der Waals surface area contributed by atoms with Gasteiger partial charge in [0, 0.05) is 35.8 Å². The molecule has 0 saturated carbocycles. The number of fused-ring (bicyclic) bond motifs is 1. The Morgan fingerprint density at radius 2 is 1.73 bits per heavy atom. The zero-order valence-corrected chi connectivity index (χ0v) is 22.8. The van der Waals surface area contributed by atoms with Crippen LogP contribution in [0.5, 0.6) is 0 Å². The van der Waals surface area contributed by atoms with Gasteiger partial charge in [0.1, 0.15) is 24.0 Å². The van der Waals surface area contributed by atoms with Crippen LogP contribution < -0.4 is 4.90 Å². The molecule has 0 spiro atoms. The maximum Gasteiger partial charge on any atom is 0.242 e. The average Bonchev–Trinajstić information content (AvgIpc) is 3.60. The molecule has 3 heterocycles. The quantitative estimate of drug-likeness (QED) is 0.305. The van der Waals surface area contributed by atoms with Crippen molar-refractivity contribution in [2.45, 2.75) is 25.0 Å². The third kappa shape index (κ3) is 4.90. The maximum atomic E-state index is 15.3. The van der Waals surface area contributed by atoms with Crippen molar-refractivity contribution in [3.8, 4) is 16.9 Å². The van der Waals surface area contributed by atoms with Crippen LogP contribution in [0, 0.1) is 18.6 Å². The van der Waals surface area contributed by atoms with Crippen molar-refractivity contribution in [1.29, 1.82) is 0 Å². The van der Waals surface area contributed by atoms with Crippen molar-refractivity contribution in [3.05, 3.63) is 101 Å². The minimum absolute atomic E-state index is 0.0194. The Balaban J connectivity index is 1.61. The van der Waals surface area contributed by atoms with E-state index in [0.717, 1.165) is 30.0 Å². The normalized spacial score (nSPS) is 17.2. The molecule has 4 aromatic rings. The molecule has 0 radical (unpaired) electrons. The van der Waals surface area contributed by atoms with E-state index in [2.05, 4.69) is 0 Å². The Morgan fingerprint density at radius 3 is 2.42 bits per heavy atom. The highest BCUT2D eigenvalue weighted by Crippen LogP contribution is 2.49. The van der Waals surface area contributed by atoms with Crippen LogP contribution in [0.25, 0.3) is 16.9 Å². The van der Waals surface area contributed by atoms with Crippen molar-refractivity contribution < 1.29 is 18.4 Å². The summed E-state index contributed by atoms with van der Waals surface area (Å²) in [5.41, 5.74) is 4.00. The minimum atomic E-state index is -0.695. The lowest BCUT2D eigenvalue weighted by Crippen LogP contribution is -2.43. The first-order valence-electron chi connectivity index (χ1n) is 13.3. The molecule has 6 rings (SSSR count). The molecule has 0 N–H and O–H groups in total. The average molecular weight is 559 g/mol. The van der Waals surface area contributed by atoms with Crippen molar-refractivity contribution in [1.82, 2.24) is 14.7 Å². The SMILES string of the molecule is Cc1ccc(-n2nc(-c3ccccc3)c3c2N(CC(=O)N2CCCC2)C(=O)CS[C@@H]3c2ccc(F)cc2F)cc1. The zero-order valence-electron chi connectivity index (χ0n) is 22.0. The van der Waals surface area contributed by atoms with Gasteiger partial charge in [-0.05, 0) is 38.0 Å². The van der Waals surface area contributed by atoms with Crippen molar-refractivity contribution in [2.24, 2.45) is 0 Å². The van der Waals surface area contributed by atoms with Crippen LogP contribution in [0.15, 0.2) is 72.8 Å². The number of aromatic nitrogens is 2. The lowest BCUT2D eigenvalue weighted by Gasteiger charge is -2.25. The highest BCUT2D eigenvalue weighted by atomic mass is 32.2. The minimum Gasteiger partial charge on any atom is -0.341 e. The topological polar surface area (TPSA) is 58.4 Å². The molecule has 1 saturated heterocycles. The highest BCUT2D eigenvalue weighted by Gasteiger charge is 2.39. The Bertz CT molecular complexity index is 1570. The summed E-state index contributed by atoms with van der Waals surface area (Å²) in [5, 5.41) is 4.34. The van der Waals surface area contributed by atoms with Crippen molar-refractivity contribution in [2.75, 3.05) is 30.3 Å². The van der Waals surface area contributed by atoms with Crippen LogP contribution in [-0.4, -0.2) is 51.9 Å². The molecule has 2 aliphatic heterocycles. The number of thioether (sulfide) groups is 1. The molecule has 9 heteroatoms. The zero-order chi connectivity index (χ0) is 27.8. The summed E-state index contributed by atoms with van der Waals surface area (Å²) in [5.74, 6) is -1.32. The second-order valence-corrected chi connectivity index (χ2v) is 11.2. The molecule has 2 amide bonds. The summed E-state index contributed by atoms with van der Waals surface area (Å²) in [7, 11) is 0. The van der Waals surface area contributed by atoms with Crippen LogP contribution in [0.1, 0.15) is 34.8 Å². The maximum absolute atomic E-state index is 15.3. The van der Waals surface area contributed by atoms with Crippen molar-refractivity contribution in [3.63, 3.8) is 0 Å². The number of hydrogen-bond donors (Lipinski definition) is 0. The fourth-order valence-electron chi connectivity index (χ4n) is 5.36. The van der Waals surface area contributed by atoms with E-state index in [-0.39, 0.29) is 29.7 Å². The van der Waals surface area contributed by atoms with E-state index in [1.54, 1.807) is 9.58 Å². The van der Waals surface area contributed by atoms with E-state index in [4.69, 9.17) is 5.10 Å². The summed E-state index contributed by atoms with van der Waals surface area (Å²) in [4.78, 5) is 30.4. The third-order valence-electron chi connectivity index (χ3n) is 7.41. The van der Waals surface area contributed by atoms with Crippen LogP contribution in [0.2, 0.25) is 0 Å². The largest absolute Gasteiger partial charge is 0.341 e. The second-order valence-electron chi connectivity index (χ2n) is 10.1. The Labute approximate surface area is 235 Å². The molecule has 6 nitrogen and oxygen atoms in total. The van der Waals surface area contributed by atoms with Crippen LogP contribution >= 0.6 is 11.8 Å². The number of benzene rings is 3. The van der Waals surface area contributed by atoms with E-state index in [1.807, 2.05) is 61.5 Å². The van der Waals surface area contributed by atoms with Gasteiger partial charge < -0.3 is 4.90 Å². The number of nitrogens with zero attached hydrogens (tertiary/aromatic N) is 4. The van der Waals surface area contributed by atoms with E-state index < -0.39 is 16.9 Å². The molecule has 0 bridgehead atoms. The Morgan fingerprint density at radius 1 is 1.00 bits per heavy atom. The summed E-state index contributed by atoms with van der Waals surface area (Å²) >= 11 is 1.26. The molecule has 1 aromatic heterocycles. The van der Waals surface area contributed by atoms with Gasteiger partial charge in [0.2, 0.25) is 11.8 Å². The highest BCUT2D eigenvalue weighted by molar-refractivity contribution is 8.00. The number of aryl methyl sites for hydroxylation is 1. The van der Waals surface area contributed by atoms with Gasteiger partial charge in [0.05, 0.1) is 22.4 Å². The first kappa shape index (κ1) is 26.3. The molecular weight excluding hydrogens is 530 g/mol. The van der Waals surface area contributed by atoms with Gasteiger partial charge in [-0.15, -0.1) is 11.8 Å². The van der Waals surface area contributed by atoms with Crippen LogP contribution in [-0.2, 0) is 9.59 Å². The summed E-state index contributed by atoms with van der Waals surface area (Å²) < 4.78 is 31.0. The first-order valence-corrected chi connectivity index (χ1v) is 14.4. The lowest BCUT2D eigenvalue weighted by atomic mass is 9.99. The van der Waals surface area contributed by atoms with Gasteiger partial charge in [0.15, 0.2) is 0 Å². The molecule has 204 valence electrons. The predicted octanol–water partition coefficient (Wildman–Crippen LogP) is 5.92. The number of hydrogen-bond acceptors (Lipinski definition) is 4. The van der Waals surface area contributed by atoms with E-state index in [0.29, 0.717) is 35.9 Å². The van der Waals surface area contributed by atoms with E-state index in [1.165, 1.54) is 28.8 Å². The molecule has 0 aliphatic carbocycles. The van der Waals surface area contributed by atoms with Gasteiger partial charge >= 0.3 is 0 Å². The molecule has 40 heavy (non-hydrogen) atoms. The summed E-state index contributed by atoms with van der Waals surface area (Å²) in [6.45, 7) is 3.17. The molecule has 1 fully saturated rings. The fraction of sp³-hybridized carbons (Fsp3) is 0.258. The van der Waals surface area contributed by atoms with Gasteiger partial charge in [-0.3, -0.25) is 14.5 Å². The monoisotopic (exact) mass is 558 g/mol. The predicted molar refractivity (Wildman–Crippen MR) is 153 cm³/mol. The fourth-order valence-corrected chi connectivity index (χ4v) is 6.58. The number of anilines is 1. The molecule has 0 unspecified atom stereocenters. The first-order chi connectivity index (χ1) is 19.4. The Kier molecular flexibility index (Phi) is 7.14. The standard InChI is InChI=1S/C31H28F2N4O2S/c1-20-9-12-23(13-10-20)37-31-28(29(34-37)21-7-3-2-4-8-21)30(24-14-11-22(32)17-25(24)33)40-19-27(39)36(31)18-26(38)35-15-5-6-16-35/h2-4,7-14,17,30H,5-6,15-16,18-19H2,1H3/t30-/m1/s1. The molecule has 2 aliphatic rings. The van der Waals surface area contributed by atoms with Gasteiger partial charge in [-0.2, -0.15) is 5.10 Å². The summed E-state index contributed by atoms with van der Waals surface area (Å²) in [6.07, 6.45) is 1.87. The molecule has 1 atom stereocenters. The Hall–Kier alpha value is -3.98. The number of halogens is 2. The number of amides is 2. The van der Waals surface area contributed by atoms with E-state index in [9.17, 15) is 14.0 Å². The van der Waals surface area contributed by atoms with E-state index >= 15 is 4.39 Å². The third-order valence-corrected chi connectivity index (χ3v) is 8.65. The summed E-state index contributed by atoms with van der Waals surface area (Å²) in [6, 6.07) is 20.8. The van der Waals surface area contributed by atoms with Gasteiger partial charge in [-0.1, -0.05) is 54.1 Å². The van der Waals surface area contributed by atoms with Crippen molar-refractivity contribution >= 4 is 29.4 Å². The van der Waals surface area contributed by atoms with Gasteiger partial charge in [-0.25, -0.2) is 13.5 Å².